The van der Waals surface area contributed by atoms with Gasteiger partial charge in [-0.25, -0.2) is 31.5 Å². The molecule has 1 N–H and O–H groups in total. The van der Waals surface area contributed by atoms with Crippen LogP contribution in [0.1, 0.15) is 58.9 Å². The SMILES string of the molecule is COC[C@]1(F)CCCN(C(=O)Oc2cc3c4c(c(F)ccc4c2)CCCOC(=O)N[C@]2(C)C[C@@H](F)CN(C2)c2nc(OC[C@@]45CCCN4C[C@H](F)C5)nc4c(F)c-3ncc24)C1.[HH]. The average molecular weight is 856 g/mol. The third-order valence-corrected chi connectivity index (χ3v) is 12.8. The fourth-order valence-corrected chi connectivity index (χ4v) is 10.2. The number of likely N-dealkylation sites (tertiary alicyclic amines) is 1. The molecule has 0 unspecified atom stereocenters. The maximum atomic E-state index is 17.6. The Morgan fingerprint density at radius 1 is 1.03 bits per heavy atom. The molecule has 13 nitrogen and oxygen atoms in total. The van der Waals surface area contributed by atoms with E-state index in [2.05, 4.69) is 25.2 Å². The number of hydrogen-bond donors (Lipinski definition) is 1. The lowest BCUT2D eigenvalue weighted by Crippen LogP contribution is -2.60. The minimum absolute atomic E-state index is 0. The number of hydrogen-bond acceptors (Lipinski definition) is 11. The van der Waals surface area contributed by atoms with Crippen LogP contribution in [-0.2, 0) is 15.9 Å². The Morgan fingerprint density at radius 2 is 1.85 bits per heavy atom. The quantitative estimate of drug-likeness (QED) is 0.197. The van der Waals surface area contributed by atoms with E-state index in [4.69, 9.17) is 18.9 Å². The van der Waals surface area contributed by atoms with Gasteiger partial charge in [-0.15, -0.1) is 0 Å². The molecule has 61 heavy (non-hydrogen) atoms. The van der Waals surface area contributed by atoms with Crippen LogP contribution in [-0.4, -0.2) is 132 Å². The number of piperidine rings is 2. The lowest BCUT2D eigenvalue weighted by molar-refractivity contribution is -0.0112. The Bertz CT molecular complexity index is 2380. The van der Waals surface area contributed by atoms with Gasteiger partial charge in [0.05, 0.1) is 42.8 Å². The number of nitrogens with one attached hydrogen (secondary N) is 1. The summed E-state index contributed by atoms with van der Waals surface area (Å²) >= 11 is 0. The number of alkyl halides is 3. The van der Waals surface area contributed by atoms with Gasteiger partial charge < -0.3 is 34.1 Å². The van der Waals surface area contributed by atoms with E-state index < -0.39 is 52.9 Å². The monoisotopic (exact) mass is 855 g/mol. The number of nitrogens with zero attached hydrogens (tertiary/aromatic N) is 6. The topological polar surface area (TPSA) is 131 Å². The lowest BCUT2D eigenvalue weighted by atomic mass is 9.90. The number of benzene rings is 2. The van der Waals surface area contributed by atoms with E-state index in [0.717, 1.165) is 6.42 Å². The van der Waals surface area contributed by atoms with Crippen molar-refractivity contribution in [1.82, 2.24) is 30.1 Å². The Balaban J connectivity index is 0.00000529. The van der Waals surface area contributed by atoms with Crippen LogP contribution in [0.5, 0.6) is 11.8 Å². The molecule has 6 aliphatic heterocycles. The number of aryl methyl sites for hydroxylation is 1. The number of amides is 2. The van der Waals surface area contributed by atoms with E-state index in [1.165, 1.54) is 42.5 Å². The van der Waals surface area contributed by atoms with Gasteiger partial charge in [0, 0.05) is 52.8 Å². The Kier molecular flexibility index (Phi) is 10.8. The third-order valence-electron chi connectivity index (χ3n) is 12.8. The highest BCUT2D eigenvalue weighted by Crippen LogP contribution is 2.43. The van der Waals surface area contributed by atoms with Gasteiger partial charge in [0.2, 0.25) is 0 Å². The van der Waals surface area contributed by atoms with Gasteiger partial charge in [-0.2, -0.15) is 9.97 Å². The number of rotatable bonds is 6. The third kappa shape index (κ3) is 7.96. The molecule has 0 radical (unpaired) electrons. The van der Waals surface area contributed by atoms with Gasteiger partial charge in [0.1, 0.15) is 47.5 Å². The molecule has 10 rings (SSSR count). The Hall–Kier alpha value is -5.10. The molecule has 2 aromatic carbocycles. The van der Waals surface area contributed by atoms with E-state index in [0.29, 0.717) is 24.8 Å². The Morgan fingerprint density at radius 3 is 2.69 bits per heavy atom. The van der Waals surface area contributed by atoms with E-state index in [1.54, 1.807) is 11.8 Å². The number of alkyl carbamates (subject to hydrolysis) is 1. The fourth-order valence-electron chi connectivity index (χ4n) is 10.2. The van der Waals surface area contributed by atoms with Gasteiger partial charge >= 0.3 is 18.2 Å². The van der Waals surface area contributed by atoms with Crippen molar-refractivity contribution in [3.63, 3.8) is 0 Å². The minimum Gasteiger partial charge on any atom is -0.461 e. The standard InChI is InChI=1S/C43H48F5N7O6.H2/c1-41-16-26(44)19-54(21-41)37-31-18-49-35(34(47)36(31)50-38(51-37)60-24-43-10-5-12-55(43)20-27(45)17-43)30-15-28(61-40(57)53-11-4-9-42(48,22-53)23-58-2)14-25-7-8-32(46)29(33(25)30)6-3-13-59-39(56)52-41;/h7-8,14-15,18,26-27H,3-6,9-13,16-17,19-24H2,1-2H3,(H,52,56);1H/t26-,27-,41-,42+,43+;/m1./s1. The first-order chi connectivity index (χ1) is 29.2. The molecule has 18 heteroatoms. The summed E-state index contributed by atoms with van der Waals surface area (Å²) in [5, 5.41) is 3.55. The molecule has 2 aromatic heterocycles. The van der Waals surface area contributed by atoms with E-state index in [9.17, 15) is 14.0 Å². The number of fused-ring (bicyclic) bond motifs is 7. The molecule has 0 spiro atoms. The van der Waals surface area contributed by atoms with Crippen molar-refractivity contribution in [2.45, 2.75) is 87.4 Å². The molecule has 6 aliphatic rings. The van der Waals surface area contributed by atoms with Crippen LogP contribution < -0.4 is 19.7 Å². The highest BCUT2D eigenvalue weighted by Gasteiger charge is 2.49. The summed E-state index contributed by atoms with van der Waals surface area (Å²) < 4.78 is 102. The first kappa shape index (κ1) is 41.3. The molecule has 8 heterocycles. The second-order valence-corrected chi connectivity index (χ2v) is 17.6. The molecule has 6 bridgehead atoms. The van der Waals surface area contributed by atoms with Gasteiger partial charge in [0.25, 0.3) is 0 Å². The summed E-state index contributed by atoms with van der Waals surface area (Å²) in [5.74, 6) is -1.48. The molecule has 0 saturated carbocycles. The van der Waals surface area contributed by atoms with Crippen molar-refractivity contribution in [3.05, 3.63) is 47.7 Å². The molecular formula is C43H50F5N7O6. The average Bonchev–Trinajstić information content (AvgIpc) is 3.74. The van der Waals surface area contributed by atoms with Crippen LogP contribution in [0.2, 0.25) is 0 Å². The number of pyridine rings is 1. The second kappa shape index (κ2) is 16.0. The van der Waals surface area contributed by atoms with Crippen molar-refractivity contribution < 1.29 is 51.9 Å². The number of carbonyl (C=O) groups excluding carboxylic acids is 2. The van der Waals surface area contributed by atoms with Crippen LogP contribution in [0.4, 0.5) is 37.4 Å². The second-order valence-electron chi connectivity index (χ2n) is 17.6. The normalized spacial score (nSPS) is 28.2. The minimum atomic E-state index is -1.76. The predicted octanol–water partition coefficient (Wildman–Crippen LogP) is 7.25. The Labute approximate surface area is 350 Å². The number of halogens is 5. The van der Waals surface area contributed by atoms with Crippen molar-refractivity contribution >= 4 is 39.7 Å². The molecule has 328 valence electrons. The molecule has 4 aromatic rings. The lowest BCUT2D eigenvalue weighted by Gasteiger charge is -2.42. The van der Waals surface area contributed by atoms with Gasteiger partial charge in [-0.3, -0.25) is 9.88 Å². The van der Waals surface area contributed by atoms with E-state index >= 15 is 17.6 Å². The van der Waals surface area contributed by atoms with Crippen molar-refractivity contribution in [2.24, 2.45) is 0 Å². The van der Waals surface area contributed by atoms with Crippen LogP contribution in [0.3, 0.4) is 0 Å². The maximum absolute atomic E-state index is 17.6. The van der Waals surface area contributed by atoms with Gasteiger partial charge in [-0.05, 0) is 86.5 Å². The van der Waals surface area contributed by atoms with Crippen LogP contribution >= 0.6 is 0 Å². The van der Waals surface area contributed by atoms with Gasteiger partial charge in [-0.1, -0.05) is 6.07 Å². The number of ether oxygens (including phenoxy) is 4. The molecule has 5 atom stereocenters. The predicted molar refractivity (Wildman–Crippen MR) is 216 cm³/mol. The van der Waals surface area contributed by atoms with Crippen molar-refractivity contribution in [2.75, 3.05) is 71.1 Å². The van der Waals surface area contributed by atoms with Crippen LogP contribution in [0.25, 0.3) is 32.9 Å². The van der Waals surface area contributed by atoms with Crippen molar-refractivity contribution in [3.8, 4) is 23.0 Å². The van der Waals surface area contributed by atoms with Gasteiger partial charge in [0.15, 0.2) is 11.5 Å². The number of aromatic nitrogens is 3. The van der Waals surface area contributed by atoms with E-state index in [1.807, 2.05) is 0 Å². The zero-order valence-electron chi connectivity index (χ0n) is 34.1. The molecular weight excluding hydrogens is 806 g/mol. The first-order valence-electron chi connectivity index (χ1n) is 20.9. The number of methoxy groups -OCH3 is 1. The molecule has 2 amide bonds. The van der Waals surface area contributed by atoms with Crippen molar-refractivity contribution in [1.29, 1.82) is 0 Å². The zero-order valence-corrected chi connectivity index (χ0v) is 34.1. The number of carbonyl (C=O) groups is 2. The largest absolute Gasteiger partial charge is 0.461 e. The van der Waals surface area contributed by atoms with Crippen LogP contribution in [0.15, 0.2) is 30.5 Å². The van der Waals surface area contributed by atoms with E-state index in [-0.39, 0.29) is 137 Å². The summed E-state index contributed by atoms with van der Waals surface area (Å²) in [5.41, 5.74) is -3.78. The summed E-state index contributed by atoms with van der Waals surface area (Å²) in [6.45, 7) is 2.26. The molecule has 0 aliphatic carbocycles. The summed E-state index contributed by atoms with van der Waals surface area (Å²) in [7, 11) is 1.39. The smallest absolute Gasteiger partial charge is 0.415 e. The first-order valence-corrected chi connectivity index (χ1v) is 20.9. The number of anilines is 1. The highest BCUT2D eigenvalue weighted by molar-refractivity contribution is 6.02. The maximum Gasteiger partial charge on any atom is 0.415 e. The summed E-state index contributed by atoms with van der Waals surface area (Å²) in [4.78, 5) is 45.4. The highest BCUT2D eigenvalue weighted by atomic mass is 19.2. The fraction of sp³-hybridized carbons (Fsp3) is 0.558. The summed E-state index contributed by atoms with van der Waals surface area (Å²) in [6.07, 6.45) is -0.172. The molecule has 4 saturated heterocycles. The summed E-state index contributed by atoms with van der Waals surface area (Å²) in [6, 6.07) is 5.37. The van der Waals surface area contributed by atoms with Crippen LogP contribution in [0, 0.1) is 11.6 Å². The molecule has 4 fully saturated rings. The zero-order chi connectivity index (χ0) is 42.7.